The van der Waals surface area contributed by atoms with Crippen LogP contribution in [-0.4, -0.2) is 25.7 Å². The molecular formula is C16H11N5O3S. The van der Waals surface area contributed by atoms with E-state index in [9.17, 15) is 9.59 Å². The zero-order valence-corrected chi connectivity index (χ0v) is 13.8. The number of nitrogens with zero attached hydrogens (tertiary/aromatic N) is 4. The summed E-state index contributed by atoms with van der Waals surface area (Å²) in [7, 11) is 1.64. The zero-order valence-electron chi connectivity index (χ0n) is 13.0. The molecule has 8 nitrogen and oxygen atoms in total. The number of amides is 1. The van der Waals surface area contributed by atoms with Gasteiger partial charge in [-0.2, -0.15) is 0 Å². The lowest BCUT2D eigenvalue weighted by atomic mass is 10.3. The summed E-state index contributed by atoms with van der Waals surface area (Å²) in [4.78, 5) is 29.3. The fourth-order valence-electron chi connectivity index (χ4n) is 2.35. The third-order valence-corrected chi connectivity index (χ3v) is 4.44. The standard InChI is InChI=1S/C16H11N5O3S/c1-21-10-6-3-2-5-9(10)17-12(15(21)23)14-19-20-16(24-14)18-13(22)11-7-4-8-25-11/h2-8H,1H3,(H,18,20,22). The Morgan fingerprint density at radius 1 is 1.20 bits per heavy atom. The Balaban J connectivity index is 1.71. The summed E-state index contributed by atoms with van der Waals surface area (Å²) in [5, 5.41) is 11.9. The number of carbonyl (C=O) groups is 1. The molecule has 1 amide bonds. The van der Waals surface area contributed by atoms with E-state index in [1.807, 2.05) is 12.1 Å². The molecule has 9 heteroatoms. The van der Waals surface area contributed by atoms with Crippen molar-refractivity contribution in [2.45, 2.75) is 0 Å². The summed E-state index contributed by atoms with van der Waals surface area (Å²) < 4.78 is 6.86. The molecule has 1 N–H and O–H groups in total. The lowest BCUT2D eigenvalue weighted by molar-refractivity contribution is 0.102. The van der Waals surface area contributed by atoms with Crippen LogP contribution in [0.25, 0.3) is 22.6 Å². The van der Waals surface area contributed by atoms with Crippen LogP contribution in [0.3, 0.4) is 0 Å². The van der Waals surface area contributed by atoms with Crippen LogP contribution in [0.1, 0.15) is 9.67 Å². The Bertz CT molecular complexity index is 1130. The van der Waals surface area contributed by atoms with Crippen molar-refractivity contribution in [3.8, 4) is 11.6 Å². The molecule has 124 valence electrons. The average molecular weight is 353 g/mol. The molecule has 3 heterocycles. The van der Waals surface area contributed by atoms with E-state index < -0.39 is 0 Å². The highest BCUT2D eigenvalue weighted by Crippen LogP contribution is 2.19. The second-order valence-corrected chi connectivity index (χ2v) is 6.10. The number of nitrogens with one attached hydrogen (secondary N) is 1. The molecule has 25 heavy (non-hydrogen) atoms. The van der Waals surface area contributed by atoms with Crippen LogP contribution in [0.5, 0.6) is 0 Å². The van der Waals surface area contributed by atoms with Crippen molar-refractivity contribution in [1.82, 2.24) is 19.7 Å². The lowest BCUT2D eigenvalue weighted by Crippen LogP contribution is -2.20. The Labute approximate surface area is 144 Å². The average Bonchev–Trinajstić information content (AvgIpc) is 3.30. The van der Waals surface area contributed by atoms with Crippen molar-refractivity contribution in [2.24, 2.45) is 7.05 Å². The Kier molecular flexibility index (Phi) is 3.62. The Hall–Kier alpha value is -3.33. The molecule has 0 saturated heterocycles. The highest BCUT2D eigenvalue weighted by molar-refractivity contribution is 7.12. The van der Waals surface area contributed by atoms with E-state index in [4.69, 9.17) is 4.42 Å². The fraction of sp³-hybridized carbons (Fsp3) is 0.0625. The van der Waals surface area contributed by atoms with Crippen molar-refractivity contribution in [2.75, 3.05) is 5.32 Å². The number of thiophene rings is 1. The van der Waals surface area contributed by atoms with Crippen LogP contribution >= 0.6 is 11.3 Å². The maximum atomic E-state index is 12.5. The van der Waals surface area contributed by atoms with Crippen LogP contribution in [0.2, 0.25) is 0 Å². The minimum Gasteiger partial charge on any atom is -0.401 e. The topological polar surface area (TPSA) is 103 Å². The van der Waals surface area contributed by atoms with Gasteiger partial charge in [-0.25, -0.2) is 4.98 Å². The van der Waals surface area contributed by atoms with Crippen LogP contribution in [-0.2, 0) is 7.05 Å². The van der Waals surface area contributed by atoms with Gasteiger partial charge in [0, 0.05) is 7.05 Å². The SMILES string of the molecule is Cn1c(=O)c(-c2nnc(NC(=O)c3cccs3)o2)nc2ccccc21. The van der Waals surface area contributed by atoms with Gasteiger partial charge in [0.05, 0.1) is 15.9 Å². The smallest absolute Gasteiger partial charge is 0.322 e. The van der Waals surface area contributed by atoms with Gasteiger partial charge in [-0.3, -0.25) is 14.9 Å². The van der Waals surface area contributed by atoms with E-state index >= 15 is 0 Å². The summed E-state index contributed by atoms with van der Waals surface area (Å²) in [5.74, 6) is -0.405. The van der Waals surface area contributed by atoms with E-state index in [2.05, 4.69) is 20.5 Å². The molecule has 3 aromatic heterocycles. The predicted octanol–water partition coefficient (Wildman–Crippen LogP) is 2.30. The molecule has 0 aliphatic carbocycles. The molecule has 0 spiro atoms. The van der Waals surface area contributed by atoms with Crippen LogP contribution in [0.15, 0.2) is 51.0 Å². The number of aryl methyl sites for hydroxylation is 1. The second-order valence-electron chi connectivity index (χ2n) is 5.16. The minimum absolute atomic E-state index is 0.0327. The van der Waals surface area contributed by atoms with Gasteiger partial charge in [0.25, 0.3) is 17.4 Å². The minimum atomic E-state index is -0.363. The normalized spacial score (nSPS) is 10.9. The van der Waals surface area contributed by atoms with Gasteiger partial charge >= 0.3 is 6.01 Å². The first-order valence-electron chi connectivity index (χ1n) is 7.28. The first kappa shape index (κ1) is 15.2. The number of benzene rings is 1. The molecule has 4 rings (SSSR count). The summed E-state index contributed by atoms with van der Waals surface area (Å²) in [6.45, 7) is 0. The number of anilines is 1. The molecular weight excluding hydrogens is 342 g/mol. The second kappa shape index (κ2) is 5.95. The Morgan fingerprint density at radius 3 is 2.84 bits per heavy atom. The van der Waals surface area contributed by atoms with Gasteiger partial charge in [0.15, 0.2) is 5.69 Å². The van der Waals surface area contributed by atoms with E-state index in [0.717, 1.165) is 0 Å². The number of hydrogen-bond donors (Lipinski definition) is 1. The molecule has 0 bridgehead atoms. The van der Waals surface area contributed by atoms with E-state index in [1.165, 1.54) is 15.9 Å². The van der Waals surface area contributed by atoms with Crippen LogP contribution in [0, 0.1) is 0 Å². The molecule has 1 aromatic carbocycles. The van der Waals surface area contributed by atoms with Crippen molar-refractivity contribution < 1.29 is 9.21 Å². The van der Waals surface area contributed by atoms with E-state index in [1.54, 1.807) is 36.7 Å². The van der Waals surface area contributed by atoms with Gasteiger partial charge in [-0.1, -0.05) is 23.3 Å². The number of carbonyl (C=O) groups excluding carboxylic acids is 1. The number of para-hydroxylation sites is 2. The Morgan fingerprint density at radius 2 is 2.04 bits per heavy atom. The van der Waals surface area contributed by atoms with Crippen LogP contribution in [0.4, 0.5) is 6.01 Å². The molecule has 0 unspecified atom stereocenters. The quantitative estimate of drug-likeness (QED) is 0.606. The monoisotopic (exact) mass is 353 g/mol. The number of fused-ring (bicyclic) bond motifs is 1. The summed E-state index contributed by atoms with van der Waals surface area (Å²) in [6, 6.07) is 10.6. The van der Waals surface area contributed by atoms with Crippen molar-refractivity contribution in [1.29, 1.82) is 0 Å². The molecule has 0 aliphatic rings. The first-order chi connectivity index (χ1) is 12.1. The molecule has 4 aromatic rings. The highest BCUT2D eigenvalue weighted by Gasteiger charge is 2.18. The van der Waals surface area contributed by atoms with Gasteiger partial charge in [-0.15, -0.1) is 16.4 Å². The lowest BCUT2D eigenvalue weighted by Gasteiger charge is -2.05. The van der Waals surface area contributed by atoms with Crippen molar-refractivity contribution in [3.05, 3.63) is 57.0 Å². The van der Waals surface area contributed by atoms with E-state index in [-0.39, 0.29) is 29.1 Å². The third-order valence-electron chi connectivity index (χ3n) is 3.58. The van der Waals surface area contributed by atoms with Crippen LogP contribution < -0.4 is 10.9 Å². The van der Waals surface area contributed by atoms with Gasteiger partial charge < -0.3 is 8.98 Å². The summed E-state index contributed by atoms with van der Waals surface area (Å²) in [5.41, 5.74) is 0.993. The van der Waals surface area contributed by atoms with Gasteiger partial charge in [-0.05, 0) is 23.6 Å². The predicted molar refractivity (Wildman–Crippen MR) is 92.5 cm³/mol. The van der Waals surface area contributed by atoms with Crippen molar-refractivity contribution in [3.63, 3.8) is 0 Å². The van der Waals surface area contributed by atoms with Gasteiger partial charge in [0.1, 0.15) is 0 Å². The van der Waals surface area contributed by atoms with Crippen molar-refractivity contribution >= 4 is 34.3 Å². The number of hydrogen-bond acceptors (Lipinski definition) is 7. The summed E-state index contributed by atoms with van der Waals surface area (Å²) >= 11 is 1.29. The summed E-state index contributed by atoms with van der Waals surface area (Å²) in [6.07, 6.45) is 0. The van der Waals surface area contributed by atoms with Gasteiger partial charge in [0.2, 0.25) is 0 Å². The maximum Gasteiger partial charge on any atom is 0.322 e. The maximum absolute atomic E-state index is 12.5. The van der Waals surface area contributed by atoms with E-state index in [0.29, 0.717) is 15.9 Å². The highest BCUT2D eigenvalue weighted by atomic mass is 32.1. The molecule has 0 aliphatic heterocycles. The first-order valence-corrected chi connectivity index (χ1v) is 8.16. The molecule has 0 atom stereocenters. The third kappa shape index (κ3) is 2.70. The number of aromatic nitrogens is 4. The molecule has 0 fully saturated rings. The molecule has 0 radical (unpaired) electrons. The largest absolute Gasteiger partial charge is 0.401 e. The molecule has 0 saturated carbocycles. The fourth-order valence-corrected chi connectivity index (χ4v) is 2.97. The zero-order chi connectivity index (χ0) is 17.4. The number of rotatable bonds is 3.